The van der Waals surface area contributed by atoms with Gasteiger partial charge in [-0.2, -0.15) is 0 Å². The molecule has 2 N–H and O–H groups in total. The van der Waals surface area contributed by atoms with E-state index in [0.717, 1.165) is 19.3 Å². The summed E-state index contributed by atoms with van der Waals surface area (Å²) in [4.78, 5) is 0. The van der Waals surface area contributed by atoms with E-state index in [0.29, 0.717) is 11.7 Å². The van der Waals surface area contributed by atoms with Crippen LogP contribution in [0.2, 0.25) is 6.82 Å². The number of hydrogen-bond acceptors (Lipinski definition) is 3. The Labute approximate surface area is 80.8 Å². The van der Waals surface area contributed by atoms with E-state index in [9.17, 15) is 4.57 Å². The van der Waals surface area contributed by atoms with Gasteiger partial charge in [-0.1, -0.05) is 0 Å². The molecular weight excluding hydrogens is 184 g/mol. The van der Waals surface area contributed by atoms with Gasteiger partial charge in [0.1, 0.15) is 0 Å². The molecule has 1 saturated carbocycles. The Kier molecular flexibility index (Phi) is 3.61. The fraction of sp³-hybridized carbons (Fsp3) is 1.00. The summed E-state index contributed by atoms with van der Waals surface area (Å²) in [5, 5.41) is 12.2. The van der Waals surface area contributed by atoms with Gasteiger partial charge in [-0.15, -0.1) is 0 Å². The monoisotopic (exact) mass is 203 g/mol. The summed E-state index contributed by atoms with van der Waals surface area (Å²) >= 11 is 0. The first-order chi connectivity index (χ1) is 5.89. The van der Waals surface area contributed by atoms with Crippen LogP contribution in [0.3, 0.4) is 0 Å². The van der Waals surface area contributed by atoms with E-state index in [1.165, 1.54) is 0 Å². The van der Waals surface area contributed by atoms with Crippen molar-refractivity contribution in [1.29, 1.82) is 0 Å². The lowest BCUT2D eigenvalue weighted by molar-refractivity contribution is 0.517. The van der Waals surface area contributed by atoms with Crippen LogP contribution in [0.25, 0.3) is 0 Å². The minimum absolute atomic E-state index is 0.359. The number of hydrogen-bond donors (Lipinski definition) is 2. The van der Waals surface area contributed by atoms with Crippen molar-refractivity contribution in [1.82, 2.24) is 5.23 Å². The van der Waals surface area contributed by atoms with Gasteiger partial charge < -0.3 is 14.8 Å². The van der Waals surface area contributed by atoms with Gasteiger partial charge in [0.25, 0.3) is 0 Å². The van der Waals surface area contributed by atoms with Gasteiger partial charge >= 0.3 is 7.05 Å². The summed E-state index contributed by atoms with van der Waals surface area (Å²) in [5.74, 6) is 0. The van der Waals surface area contributed by atoms with Crippen molar-refractivity contribution >= 4 is 14.2 Å². The molecule has 1 rings (SSSR count). The zero-order valence-electron chi connectivity index (χ0n) is 8.66. The van der Waals surface area contributed by atoms with Crippen molar-refractivity contribution in [3.63, 3.8) is 0 Å². The molecule has 1 aliphatic carbocycles. The average molecular weight is 203 g/mol. The second-order valence-corrected chi connectivity index (χ2v) is 8.04. The van der Waals surface area contributed by atoms with E-state index in [-0.39, 0.29) is 0 Å². The van der Waals surface area contributed by atoms with E-state index in [1.807, 2.05) is 13.3 Å². The molecule has 0 aromatic rings. The van der Waals surface area contributed by atoms with Gasteiger partial charge in [-0.3, -0.25) is 0 Å². The maximum Gasteiger partial charge on any atom is 0.373 e. The maximum absolute atomic E-state index is 11.8. The first-order valence-electron chi connectivity index (χ1n) is 4.88. The topological polar surface area (TPSA) is 49.3 Å². The van der Waals surface area contributed by atoms with E-state index in [2.05, 4.69) is 5.23 Å². The van der Waals surface area contributed by atoms with Gasteiger partial charge in [0, 0.05) is 5.66 Å². The van der Waals surface area contributed by atoms with Crippen LogP contribution < -0.4 is 5.23 Å². The predicted octanol–water partition coefficient (Wildman–Crippen LogP) is 1.23. The lowest BCUT2D eigenvalue weighted by Gasteiger charge is -2.16. The molecule has 0 bridgehead atoms. The highest BCUT2D eigenvalue weighted by molar-refractivity contribution is 7.63. The lowest BCUT2D eigenvalue weighted by Crippen LogP contribution is -2.38. The molecular formula is C8H19BNO2P. The summed E-state index contributed by atoms with van der Waals surface area (Å²) in [6.07, 6.45) is 3.03. The molecule has 0 saturated heterocycles. The van der Waals surface area contributed by atoms with E-state index >= 15 is 0 Å². The molecule has 0 aromatic carbocycles. The van der Waals surface area contributed by atoms with E-state index in [1.54, 1.807) is 6.82 Å². The van der Waals surface area contributed by atoms with Crippen molar-refractivity contribution in [3.8, 4) is 0 Å². The molecule has 1 aliphatic rings. The lowest BCUT2D eigenvalue weighted by atomic mass is 9.87. The summed E-state index contributed by atoms with van der Waals surface area (Å²) in [6, 6.07) is 0.359. The molecule has 0 unspecified atom stereocenters. The Hall–Kier alpha value is 0.215. The van der Waals surface area contributed by atoms with Gasteiger partial charge in [-0.25, -0.2) is 0 Å². The van der Waals surface area contributed by atoms with Gasteiger partial charge in [0.2, 0.25) is 0 Å². The van der Waals surface area contributed by atoms with Crippen molar-refractivity contribution in [2.24, 2.45) is 0 Å². The SMILES string of the molecule is CB(O)N[C@@H]1CC[C@H](P(C)(C)=O)C1. The molecule has 13 heavy (non-hydrogen) atoms. The van der Waals surface area contributed by atoms with Crippen molar-refractivity contribution in [2.45, 2.75) is 37.8 Å². The molecule has 0 radical (unpaired) electrons. The van der Waals surface area contributed by atoms with Crippen LogP contribution in [0.4, 0.5) is 0 Å². The standard InChI is InChI=1S/C8H19BNO2P/c1-9(11)10-7-4-5-8(6-7)13(2,3)12/h7-8,10-11H,4-6H2,1-3H3/t7-,8+/m1/s1. The largest absolute Gasteiger partial charge is 0.437 e. The number of rotatable bonds is 3. The number of nitrogens with one attached hydrogen (secondary N) is 1. The molecule has 5 heteroatoms. The summed E-state index contributed by atoms with van der Waals surface area (Å²) in [6.45, 7) is 5.45. The smallest absolute Gasteiger partial charge is 0.373 e. The van der Waals surface area contributed by atoms with Crippen LogP contribution in [0.5, 0.6) is 0 Å². The fourth-order valence-electron chi connectivity index (χ4n) is 2.01. The molecule has 76 valence electrons. The van der Waals surface area contributed by atoms with Crippen LogP contribution in [-0.2, 0) is 4.57 Å². The molecule has 0 aromatic heterocycles. The maximum atomic E-state index is 11.8. The minimum Gasteiger partial charge on any atom is -0.437 e. The quantitative estimate of drug-likeness (QED) is 0.535. The second kappa shape index (κ2) is 4.16. The normalized spacial score (nSPS) is 29.2. The molecule has 1 fully saturated rings. The van der Waals surface area contributed by atoms with Crippen LogP contribution in [0.15, 0.2) is 0 Å². The average Bonchev–Trinajstić information content (AvgIpc) is 2.32. The van der Waals surface area contributed by atoms with Crippen LogP contribution >= 0.6 is 7.14 Å². The van der Waals surface area contributed by atoms with Crippen LogP contribution in [0.1, 0.15) is 19.3 Å². The third-order valence-electron chi connectivity index (χ3n) is 2.76. The Morgan fingerprint density at radius 3 is 2.46 bits per heavy atom. The van der Waals surface area contributed by atoms with E-state index in [4.69, 9.17) is 5.02 Å². The Balaban J connectivity index is 2.41. The minimum atomic E-state index is -1.92. The molecule has 0 heterocycles. The van der Waals surface area contributed by atoms with E-state index < -0.39 is 14.2 Å². The Bertz CT molecular complexity index is 216. The third kappa shape index (κ3) is 3.45. The summed E-state index contributed by atoms with van der Waals surface area (Å²) in [7, 11) is -2.36. The van der Waals surface area contributed by atoms with Crippen molar-refractivity contribution < 1.29 is 9.59 Å². The van der Waals surface area contributed by atoms with Gasteiger partial charge in [-0.05, 0) is 45.5 Å². The molecule has 3 nitrogen and oxygen atoms in total. The Morgan fingerprint density at radius 2 is 2.08 bits per heavy atom. The highest BCUT2D eigenvalue weighted by atomic mass is 31.2. The second-order valence-electron chi connectivity index (χ2n) is 4.44. The molecule has 0 aliphatic heterocycles. The first kappa shape index (κ1) is 11.3. The highest BCUT2D eigenvalue weighted by Gasteiger charge is 2.32. The van der Waals surface area contributed by atoms with Gasteiger partial charge in [0.05, 0.1) is 7.14 Å². The molecule has 0 spiro atoms. The zero-order chi connectivity index (χ0) is 10.1. The van der Waals surface area contributed by atoms with Crippen LogP contribution in [0, 0.1) is 0 Å². The first-order valence-corrected chi connectivity index (χ1v) is 7.55. The highest BCUT2D eigenvalue weighted by Crippen LogP contribution is 2.49. The zero-order valence-corrected chi connectivity index (χ0v) is 9.55. The van der Waals surface area contributed by atoms with Crippen molar-refractivity contribution in [2.75, 3.05) is 13.3 Å². The predicted molar refractivity (Wildman–Crippen MR) is 57.9 cm³/mol. The van der Waals surface area contributed by atoms with Gasteiger partial charge in [0.15, 0.2) is 0 Å². The fourth-order valence-corrected chi connectivity index (χ4v) is 3.55. The van der Waals surface area contributed by atoms with Crippen LogP contribution in [-0.4, -0.2) is 37.1 Å². The summed E-state index contributed by atoms with van der Waals surface area (Å²) < 4.78 is 11.8. The third-order valence-corrected chi connectivity index (χ3v) is 4.99. The summed E-state index contributed by atoms with van der Waals surface area (Å²) in [5.41, 5.74) is 0.365. The van der Waals surface area contributed by atoms with Crippen molar-refractivity contribution in [3.05, 3.63) is 0 Å². The molecule has 2 atom stereocenters. The Morgan fingerprint density at radius 1 is 1.46 bits per heavy atom. The molecule has 0 amide bonds.